The zero-order valence-corrected chi connectivity index (χ0v) is 14.8. The molecule has 1 aromatic heterocycles. The van der Waals surface area contributed by atoms with Crippen molar-refractivity contribution in [3.05, 3.63) is 60.4 Å². The van der Waals surface area contributed by atoms with Crippen molar-refractivity contribution in [3.8, 4) is 5.69 Å². The summed E-state index contributed by atoms with van der Waals surface area (Å²) < 4.78 is 1.84. The third-order valence-corrected chi connectivity index (χ3v) is 5.19. The van der Waals surface area contributed by atoms with Gasteiger partial charge in [-0.15, -0.1) is 0 Å². The van der Waals surface area contributed by atoms with E-state index in [1.807, 2.05) is 66.6 Å². The van der Waals surface area contributed by atoms with Gasteiger partial charge in [-0.2, -0.15) is 5.10 Å². The van der Waals surface area contributed by atoms with E-state index in [0.717, 1.165) is 16.2 Å². The molecule has 2 amide bonds. The molecule has 1 aromatic carbocycles. The van der Waals surface area contributed by atoms with Gasteiger partial charge >= 0.3 is 0 Å². The maximum atomic E-state index is 12.6. The maximum Gasteiger partial charge on any atom is 0.237 e. The highest BCUT2D eigenvalue weighted by atomic mass is 16.2. The molecule has 0 saturated carbocycles. The van der Waals surface area contributed by atoms with Gasteiger partial charge in [0.05, 0.1) is 30.8 Å². The lowest BCUT2D eigenvalue weighted by Crippen LogP contribution is -3.09. The Morgan fingerprint density at radius 3 is 2.38 bits per heavy atom. The fourth-order valence-corrected chi connectivity index (χ4v) is 3.87. The lowest BCUT2D eigenvalue weighted by atomic mass is 9.85. The first-order chi connectivity index (χ1) is 12.6. The van der Waals surface area contributed by atoms with Gasteiger partial charge in [0.15, 0.2) is 6.67 Å². The fraction of sp³-hybridized carbons (Fsp3) is 0.350. The van der Waals surface area contributed by atoms with Crippen molar-refractivity contribution in [2.75, 3.05) is 13.7 Å². The van der Waals surface area contributed by atoms with Crippen LogP contribution in [0, 0.1) is 11.8 Å². The number of hydrogen-bond donors (Lipinski definition) is 1. The van der Waals surface area contributed by atoms with Crippen LogP contribution in [0.15, 0.2) is 54.9 Å². The van der Waals surface area contributed by atoms with Gasteiger partial charge in [0.1, 0.15) is 6.54 Å². The minimum Gasteiger partial charge on any atom is -0.316 e. The number of fused-ring (bicyclic) bond motifs is 1. The Morgan fingerprint density at radius 1 is 1.08 bits per heavy atom. The summed E-state index contributed by atoms with van der Waals surface area (Å²) in [6, 6.07) is 9.94. The van der Waals surface area contributed by atoms with Crippen LogP contribution in [0.1, 0.15) is 18.4 Å². The first kappa shape index (κ1) is 16.7. The highest BCUT2D eigenvalue weighted by Crippen LogP contribution is 2.34. The molecule has 3 atom stereocenters. The highest BCUT2D eigenvalue weighted by molar-refractivity contribution is 6.05. The zero-order valence-electron chi connectivity index (χ0n) is 14.8. The van der Waals surface area contributed by atoms with Crippen molar-refractivity contribution in [2.45, 2.75) is 19.4 Å². The van der Waals surface area contributed by atoms with Crippen LogP contribution < -0.4 is 4.90 Å². The third kappa shape index (κ3) is 3.08. The van der Waals surface area contributed by atoms with Crippen molar-refractivity contribution in [1.82, 2.24) is 14.7 Å². The molecule has 0 radical (unpaired) electrons. The third-order valence-electron chi connectivity index (χ3n) is 5.19. The highest BCUT2D eigenvalue weighted by Gasteiger charge is 2.48. The molecule has 1 aliphatic carbocycles. The molecule has 0 bridgehead atoms. The smallest absolute Gasteiger partial charge is 0.237 e. The monoisotopic (exact) mass is 351 g/mol. The van der Waals surface area contributed by atoms with Crippen LogP contribution in [0.5, 0.6) is 0 Å². The van der Waals surface area contributed by atoms with Gasteiger partial charge in [0, 0.05) is 11.8 Å². The number of rotatable bonds is 5. The van der Waals surface area contributed by atoms with Crippen LogP contribution in [0.3, 0.4) is 0 Å². The summed E-state index contributed by atoms with van der Waals surface area (Å²) in [7, 11) is 2.00. The molecule has 4 rings (SSSR count). The van der Waals surface area contributed by atoms with Crippen LogP contribution in [0.2, 0.25) is 0 Å². The Morgan fingerprint density at radius 2 is 1.73 bits per heavy atom. The number of carbonyl (C=O) groups excluding carboxylic acids is 2. The van der Waals surface area contributed by atoms with Crippen LogP contribution in [0.25, 0.3) is 5.69 Å². The van der Waals surface area contributed by atoms with E-state index in [4.69, 9.17) is 0 Å². The van der Waals surface area contributed by atoms with Crippen LogP contribution in [-0.2, 0) is 16.1 Å². The molecular formula is C20H23N4O2+. The number of aromatic nitrogens is 2. The van der Waals surface area contributed by atoms with Gasteiger partial charge < -0.3 is 4.90 Å². The molecule has 1 aliphatic heterocycles. The molecule has 2 aromatic rings. The number of likely N-dealkylation sites (tertiary alicyclic amines) is 1. The van der Waals surface area contributed by atoms with Gasteiger partial charge in [-0.05, 0) is 25.0 Å². The second-order valence-corrected chi connectivity index (χ2v) is 7.18. The number of benzene rings is 1. The summed E-state index contributed by atoms with van der Waals surface area (Å²) in [5.41, 5.74) is 2.09. The first-order valence-corrected chi connectivity index (χ1v) is 9.04. The van der Waals surface area contributed by atoms with E-state index >= 15 is 0 Å². The summed E-state index contributed by atoms with van der Waals surface area (Å²) in [5, 5.41) is 4.41. The molecule has 134 valence electrons. The molecule has 1 saturated heterocycles. The van der Waals surface area contributed by atoms with Gasteiger partial charge in [-0.25, -0.2) is 9.58 Å². The molecule has 1 fully saturated rings. The van der Waals surface area contributed by atoms with Crippen molar-refractivity contribution in [1.29, 1.82) is 0 Å². The second-order valence-electron chi connectivity index (χ2n) is 7.18. The van der Waals surface area contributed by atoms with Crippen LogP contribution >= 0.6 is 0 Å². The average Bonchev–Trinajstić information content (AvgIpc) is 3.22. The fourth-order valence-electron chi connectivity index (χ4n) is 3.87. The van der Waals surface area contributed by atoms with Crippen molar-refractivity contribution >= 4 is 11.8 Å². The van der Waals surface area contributed by atoms with E-state index in [0.29, 0.717) is 26.1 Å². The first-order valence-electron chi connectivity index (χ1n) is 9.04. The average molecular weight is 351 g/mol. The number of para-hydroxylation sites is 1. The zero-order chi connectivity index (χ0) is 18.1. The Hall–Kier alpha value is -2.73. The molecule has 1 N–H and O–H groups in total. The lowest BCUT2D eigenvalue weighted by Gasteiger charge is -2.20. The summed E-state index contributed by atoms with van der Waals surface area (Å²) in [6.45, 7) is 1.11. The van der Waals surface area contributed by atoms with Gasteiger partial charge in [-0.3, -0.25) is 9.59 Å². The normalized spacial score (nSPS) is 23.3. The predicted molar refractivity (Wildman–Crippen MR) is 96.2 cm³/mol. The van der Waals surface area contributed by atoms with Crippen LogP contribution in [-0.4, -0.2) is 40.2 Å². The Balaban J connectivity index is 1.40. The summed E-state index contributed by atoms with van der Waals surface area (Å²) in [6.07, 6.45) is 9.25. The summed E-state index contributed by atoms with van der Waals surface area (Å²) >= 11 is 0. The quantitative estimate of drug-likeness (QED) is 0.640. The van der Waals surface area contributed by atoms with Gasteiger partial charge in [0.2, 0.25) is 11.8 Å². The van der Waals surface area contributed by atoms with E-state index < -0.39 is 0 Å². The van der Waals surface area contributed by atoms with Crippen molar-refractivity contribution in [3.63, 3.8) is 0 Å². The Labute approximate surface area is 152 Å². The number of nitrogens with zero attached hydrogens (tertiary/aromatic N) is 3. The predicted octanol–water partition coefficient (Wildman–Crippen LogP) is 0.796. The largest absolute Gasteiger partial charge is 0.316 e. The standard InChI is InChI=1S/C20H22N4O2/c1-22(12-15-11-21-24(13-15)16-7-3-2-4-8-16)14-23-19(25)17-9-5-6-10-18(17)20(23)26/h2-8,11,13,17-18H,9-10,12,14H2,1H3/p+1/t17-,18+. The van der Waals surface area contributed by atoms with E-state index in [2.05, 4.69) is 5.10 Å². The maximum absolute atomic E-state index is 12.6. The van der Waals surface area contributed by atoms with E-state index in [9.17, 15) is 9.59 Å². The van der Waals surface area contributed by atoms with Gasteiger partial charge in [0.25, 0.3) is 0 Å². The SMILES string of the molecule is C[NH+](Cc1cnn(-c2ccccc2)c1)CN1C(=O)[C@H]2CC=CC[C@H]2C1=O. The molecular weight excluding hydrogens is 328 g/mol. The Bertz CT molecular complexity index is 817. The minimum absolute atomic E-state index is 0.0105. The number of imide groups is 1. The molecule has 0 spiro atoms. The topological polar surface area (TPSA) is 59.6 Å². The molecule has 6 heteroatoms. The number of hydrogen-bond acceptors (Lipinski definition) is 3. The summed E-state index contributed by atoms with van der Waals surface area (Å²) in [4.78, 5) is 27.7. The van der Waals surface area contributed by atoms with E-state index in [1.165, 1.54) is 4.90 Å². The molecule has 2 heterocycles. The number of nitrogens with one attached hydrogen (secondary N) is 1. The van der Waals surface area contributed by atoms with E-state index in [1.54, 1.807) is 0 Å². The second kappa shape index (κ2) is 6.88. The number of quaternary nitrogens is 1. The molecule has 2 aliphatic rings. The van der Waals surface area contributed by atoms with Crippen LogP contribution in [0.4, 0.5) is 0 Å². The van der Waals surface area contributed by atoms with Gasteiger partial charge in [-0.1, -0.05) is 30.4 Å². The molecule has 6 nitrogen and oxygen atoms in total. The number of allylic oxidation sites excluding steroid dienone is 2. The minimum atomic E-state index is -0.152. The number of carbonyl (C=O) groups is 2. The number of amides is 2. The van der Waals surface area contributed by atoms with Crippen molar-refractivity contribution in [2.24, 2.45) is 11.8 Å². The lowest BCUT2D eigenvalue weighted by molar-refractivity contribution is -0.901. The summed E-state index contributed by atoms with van der Waals surface area (Å²) in [5.74, 6) is -0.324. The molecule has 1 unspecified atom stereocenters. The van der Waals surface area contributed by atoms with Crippen molar-refractivity contribution < 1.29 is 14.5 Å². The Kier molecular flexibility index (Phi) is 4.42. The van der Waals surface area contributed by atoms with E-state index in [-0.39, 0.29) is 23.7 Å². The molecule has 26 heavy (non-hydrogen) atoms.